The summed E-state index contributed by atoms with van der Waals surface area (Å²) >= 11 is 0. The minimum Gasteiger partial charge on any atom is -0.391 e. The third-order valence-electron chi connectivity index (χ3n) is 4.52. The van der Waals surface area contributed by atoms with Crippen LogP contribution in [0.25, 0.3) is 0 Å². The molecule has 0 aromatic rings. The van der Waals surface area contributed by atoms with Gasteiger partial charge in [-0.15, -0.1) is 0 Å². The van der Waals surface area contributed by atoms with E-state index < -0.39 is 42.0 Å². The Morgan fingerprint density at radius 1 is 1.07 bits per heavy atom. The molecule has 0 aromatic carbocycles. The Morgan fingerprint density at radius 2 is 1.67 bits per heavy atom. The quantitative estimate of drug-likeness (QED) is 0.0655. The third kappa shape index (κ3) is 10.2. The van der Waals surface area contributed by atoms with Crippen LogP contribution in [0, 0.1) is 5.92 Å². The molecule has 0 spiro atoms. The lowest BCUT2D eigenvalue weighted by Gasteiger charge is -2.28. The lowest BCUT2D eigenvalue weighted by Crippen LogP contribution is -2.60. The number of nitrogens with two attached hydrogens (primary N) is 3. The summed E-state index contributed by atoms with van der Waals surface area (Å²) in [7, 11) is 0. The van der Waals surface area contributed by atoms with E-state index in [9.17, 15) is 24.3 Å². The number of carbonyl (C=O) groups is 4. The van der Waals surface area contributed by atoms with Crippen molar-refractivity contribution in [2.45, 2.75) is 64.3 Å². The number of aliphatic imine (C=N–C) groups is 1. The number of amides is 3. The van der Waals surface area contributed by atoms with Gasteiger partial charge in [0.1, 0.15) is 18.4 Å². The Morgan fingerprint density at radius 3 is 2.17 bits per heavy atom. The van der Waals surface area contributed by atoms with Crippen LogP contribution >= 0.6 is 0 Å². The first kappa shape index (κ1) is 27.3. The van der Waals surface area contributed by atoms with Crippen LogP contribution < -0.4 is 33.2 Å². The number of nitrogens with one attached hydrogen (secondary N) is 3. The van der Waals surface area contributed by atoms with Gasteiger partial charge in [0.25, 0.3) is 0 Å². The molecule has 10 N–H and O–H groups in total. The van der Waals surface area contributed by atoms with Gasteiger partial charge in [0.2, 0.25) is 17.7 Å². The van der Waals surface area contributed by atoms with E-state index >= 15 is 0 Å². The summed E-state index contributed by atoms with van der Waals surface area (Å²) in [5.41, 5.74) is 16.4. The minimum absolute atomic E-state index is 0.0497. The highest BCUT2D eigenvalue weighted by molar-refractivity contribution is 5.93. The number of aliphatic hydroxyl groups is 1. The number of guanidine groups is 1. The maximum absolute atomic E-state index is 12.8. The van der Waals surface area contributed by atoms with Crippen molar-refractivity contribution in [2.24, 2.45) is 28.1 Å². The molecule has 0 heterocycles. The molecule has 0 aromatic heterocycles. The fraction of sp³-hybridized carbons (Fsp3) is 0.722. The van der Waals surface area contributed by atoms with Crippen LogP contribution in [0.4, 0.5) is 0 Å². The van der Waals surface area contributed by atoms with E-state index in [4.69, 9.17) is 17.2 Å². The van der Waals surface area contributed by atoms with Crippen molar-refractivity contribution < 1.29 is 24.3 Å². The molecule has 3 amide bonds. The molecule has 12 heteroatoms. The highest BCUT2D eigenvalue weighted by atomic mass is 16.3. The Kier molecular flexibility index (Phi) is 13.0. The van der Waals surface area contributed by atoms with Gasteiger partial charge in [-0.3, -0.25) is 19.4 Å². The van der Waals surface area contributed by atoms with E-state index in [0.717, 1.165) is 0 Å². The fourth-order valence-electron chi connectivity index (χ4n) is 2.51. The monoisotopic (exact) mass is 429 g/mol. The predicted molar refractivity (Wildman–Crippen MR) is 112 cm³/mol. The van der Waals surface area contributed by atoms with E-state index in [1.165, 1.54) is 6.92 Å². The number of hydrogen-bond donors (Lipinski definition) is 7. The molecule has 0 aliphatic heterocycles. The van der Waals surface area contributed by atoms with E-state index in [0.29, 0.717) is 32.1 Å². The van der Waals surface area contributed by atoms with Crippen LogP contribution in [0.15, 0.2) is 4.99 Å². The van der Waals surface area contributed by atoms with Gasteiger partial charge < -0.3 is 43.1 Å². The van der Waals surface area contributed by atoms with Crippen molar-refractivity contribution in [2.75, 3.05) is 13.1 Å². The smallest absolute Gasteiger partial charge is 0.245 e. The third-order valence-corrected chi connectivity index (χ3v) is 4.52. The average Bonchev–Trinajstić information content (AvgIpc) is 2.69. The van der Waals surface area contributed by atoms with Gasteiger partial charge >= 0.3 is 0 Å². The lowest BCUT2D eigenvalue weighted by atomic mass is 9.97. The summed E-state index contributed by atoms with van der Waals surface area (Å²) in [5.74, 6) is -2.20. The van der Waals surface area contributed by atoms with E-state index in [-0.39, 0.29) is 18.4 Å². The molecule has 0 rings (SSSR count). The van der Waals surface area contributed by atoms with Crippen molar-refractivity contribution in [3.8, 4) is 0 Å². The number of carbonyl (C=O) groups excluding carboxylic acids is 4. The Balaban J connectivity index is 5.09. The van der Waals surface area contributed by atoms with Crippen LogP contribution in [0.2, 0.25) is 0 Å². The van der Waals surface area contributed by atoms with E-state index in [1.807, 2.05) is 6.92 Å². The zero-order valence-corrected chi connectivity index (χ0v) is 17.8. The molecular formula is C18H35N7O5. The molecule has 30 heavy (non-hydrogen) atoms. The molecule has 172 valence electrons. The molecule has 0 radical (unpaired) electrons. The first-order chi connectivity index (χ1) is 14.0. The number of nitrogens with zero attached hydrogens (tertiary/aromatic N) is 1. The lowest BCUT2D eigenvalue weighted by molar-refractivity contribution is -0.135. The highest BCUT2D eigenvalue weighted by Gasteiger charge is 2.32. The first-order valence-electron chi connectivity index (χ1n) is 9.86. The number of hydrogen-bond acceptors (Lipinski definition) is 7. The number of aldehydes is 1. The highest BCUT2D eigenvalue weighted by Crippen LogP contribution is 2.10. The molecule has 5 atom stereocenters. The van der Waals surface area contributed by atoms with Crippen molar-refractivity contribution in [3.63, 3.8) is 0 Å². The summed E-state index contributed by atoms with van der Waals surface area (Å²) in [6.45, 7) is 5.01. The number of rotatable bonds is 14. The van der Waals surface area contributed by atoms with Crippen LogP contribution in [0.3, 0.4) is 0 Å². The molecule has 0 saturated heterocycles. The molecule has 0 fully saturated rings. The van der Waals surface area contributed by atoms with E-state index in [1.54, 1.807) is 6.92 Å². The summed E-state index contributed by atoms with van der Waals surface area (Å²) < 4.78 is 0. The molecule has 0 bridgehead atoms. The minimum atomic E-state index is -1.28. The maximum Gasteiger partial charge on any atom is 0.245 e. The number of aliphatic hydroxyl groups excluding tert-OH is 1. The SMILES string of the molecule is CC[C@H](C)[C@H](NC(=O)[C@@H](N)CCCN=C(N)N)C(=O)N[C@H](C(=O)NCC=O)[C@H](C)O. The van der Waals surface area contributed by atoms with Crippen molar-refractivity contribution in [1.82, 2.24) is 16.0 Å². The van der Waals surface area contributed by atoms with Crippen LogP contribution in [0.5, 0.6) is 0 Å². The van der Waals surface area contributed by atoms with Crippen LogP contribution in [-0.2, 0) is 19.2 Å². The predicted octanol–water partition coefficient (Wildman–Crippen LogP) is -2.92. The van der Waals surface area contributed by atoms with Gasteiger partial charge in [0.05, 0.1) is 18.7 Å². The molecule has 0 aliphatic carbocycles. The normalized spacial score (nSPS) is 15.6. The second kappa shape index (κ2) is 14.3. The van der Waals surface area contributed by atoms with Gasteiger partial charge in [-0.2, -0.15) is 0 Å². The van der Waals surface area contributed by atoms with Gasteiger partial charge in [0.15, 0.2) is 5.96 Å². The van der Waals surface area contributed by atoms with Crippen molar-refractivity contribution in [1.29, 1.82) is 0 Å². The first-order valence-corrected chi connectivity index (χ1v) is 9.86. The summed E-state index contributed by atoms with van der Waals surface area (Å²) in [6, 6.07) is -3.12. The zero-order chi connectivity index (χ0) is 23.3. The second-order valence-corrected chi connectivity index (χ2v) is 7.07. The standard InChI is InChI=1S/C18H35N7O5/c1-4-10(2)13(24-15(28)12(19)6-5-7-23-18(20)21)17(30)25-14(11(3)27)16(29)22-8-9-26/h9-14,27H,4-8,19H2,1-3H3,(H,22,29)(H,24,28)(H,25,30)(H4,20,21,23)/t10-,11-,12-,13-,14-/m0/s1. The zero-order valence-electron chi connectivity index (χ0n) is 17.8. The summed E-state index contributed by atoms with van der Waals surface area (Å²) in [6.07, 6.45) is 0.617. The molecule has 0 saturated carbocycles. The van der Waals surface area contributed by atoms with Gasteiger partial charge in [-0.1, -0.05) is 20.3 Å². The Labute approximate surface area is 176 Å². The van der Waals surface area contributed by atoms with E-state index in [2.05, 4.69) is 20.9 Å². The summed E-state index contributed by atoms with van der Waals surface area (Å²) in [5, 5.41) is 17.2. The second-order valence-electron chi connectivity index (χ2n) is 7.07. The van der Waals surface area contributed by atoms with Crippen molar-refractivity contribution in [3.05, 3.63) is 0 Å². The largest absolute Gasteiger partial charge is 0.391 e. The molecule has 0 aliphatic rings. The Bertz CT molecular complexity index is 608. The molecule has 0 unspecified atom stereocenters. The molecular weight excluding hydrogens is 394 g/mol. The fourth-order valence-corrected chi connectivity index (χ4v) is 2.51. The van der Waals surface area contributed by atoms with Crippen LogP contribution in [-0.4, -0.2) is 72.4 Å². The topological polar surface area (TPSA) is 215 Å². The van der Waals surface area contributed by atoms with Gasteiger partial charge in [0, 0.05) is 6.54 Å². The average molecular weight is 430 g/mol. The van der Waals surface area contributed by atoms with Gasteiger partial charge in [-0.05, 0) is 25.7 Å². The van der Waals surface area contributed by atoms with Crippen LogP contribution in [0.1, 0.15) is 40.0 Å². The molecule has 12 nitrogen and oxygen atoms in total. The van der Waals surface area contributed by atoms with Crippen molar-refractivity contribution >= 4 is 30.0 Å². The summed E-state index contributed by atoms with van der Waals surface area (Å²) in [4.78, 5) is 51.5. The maximum atomic E-state index is 12.8. The Hall–Kier alpha value is -2.73. The van der Waals surface area contributed by atoms with Gasteiger partial charge in [-0.25, -0.2) is 0 Å².